The zero-order valence-electron chi connectivity index (χ0n) is 13.0. The zero-order valence-corrected chi connectivity index (χ0v) is 13.0. The van der Waals surface area contributed by atoms with Gasteiger partial charge in [-0.1, -0.05) is 13.3 Å². The molecular weight excluding hydrogens is 250 g/mol. The second-order valence-electron chi connectivity index (χ2n) is 6.92. The Balaban J connectivity index is 1.59. The lowest BCUT2D eigenvalue weighted by atomic mass is 9.83. The second kappa shape index (κ2) is 6.30. The van der Waals surface area contributed by atoms with Gasteiger partial charge in [-0.25, -0.2) is 0 Å². The Bertz CT molecular complexity index is 311. The van der Waals surface area contributed by atoms with Gasteiger partial charge in [0.25, 0.3) is 0 Å². The molecule has 3 aliphatic rings. The standard InChI is InChI=1S/C16H31N3O/c1-2-3-15-12-16(13-17,6-11-20-15)19-9-7-18(8-10-19)14-4-5-14/h14-15H,2-13,17H2,1H3. The predicted octanol–water partition coefficient (Wildman–Crippen LogP) is 1.44. The van der Waals surface area contributed by atoms with Crippen molar-refractivity contribution in [3.63, 3.8) is 0 Å². The Morgan fingerprint density at radius 1 is 1.20 bits per heavy atom. The van der Waals surface area contributed by atoms with E-state index in [-0.39, 0.29) is 5.54 Å². The minimum atomic E-state index is 0.216. The van der Waals surface area contributed by atoms with Crippen molar-refractivity contribution in [2.45, 2.75) is 63.1 Å². The first kappa shape index (κ1) is 14.8. The molecule has 2 aliphatic heterocycles. The third kappa shape index (κ3) is 3.03. The first-order valence-electron chi connectivity index (χ1n) is 8.58. The lowest BCUT2D eigenvalue weighted by Gasteiger charge is -2.51. The fraction of sp³-hybridized carbons (Fsp3) is 1.00. The van der Waals surface area contributed by atoms with Gasteiger partial charge in [-0.3, -0.25) is 9.80 Å². The number of ether oxygens (including phenoxy) is 1. The summed E-state index contributed by atoms with van der Waals surface area (Å²) in [6, 6.07) is 0.911. The molecule has 0 radical (unpaired) electrons. The van der Waals surface area contributed by atoms with Crippen LogP contribution in [-0.4, -0.2) is 66.8 Å². The van der Waals surface area contributed by atoms with Crippen LogP contribution in [0.25, 0.3) is 0 Å². The molecule has 2 atom stereocenters. The number of nitrogens with zero attached hydrogens (tertiary/aromatic N) is 2. The van der Waals surface area contributed by atoms with E-state index in [0.717, 1.165) is 32.0 Å². The molecule has 0 spiro atoms. The molecule has 1 aliphatic carbocycles. The number of rotatable bonds is 5. The number of piperazine rings is 1. The summed E-state index contributed by atoms with van der Waals surface area (Å²) in [4.78, 5) is 5.38. The Labute approximate surface area is 123 Å². The van der Waals surface area contributed by atoms with Gasteiger partial charge in [0.05, 0.1) is 6.10 Å². The Morgan fingerprint density at radius 3 is 2.55 bits per heavy atom. The van der Waals surface area contributed by atoms with Gasteiger partial charge in [-0.05, 0) is 32.1 Å². The maximum Gasteiger partial charge on any atom is 0.0593 e. The van der Waals surface area contributed by atoms with Gasteiger partial charge in [0.1, 0.15) is 0 Å². The number of hydrogen-bond donors (Lipinski definition) is 1. The summed E-state index contributed by atoms with van der Waals surface area (Å²) < 4.78 is 5.94. The maximum atomic E-state index is 6.22. The Morgan fingerprint density at radius 2 is 1.95 bits per heavy atom. The summed E-state index contributed by atoms with van der Waals surface area (Å²) in [6.45, 7) is 8.82. The van der Waals surface area contributed by atoms with Gasteiger partial charge in [-0.2, -0.15) is 0 Å². The molecule has 0 aromatic carbocycles. The number of hydrogen-bond acceptors (Lipinski definition) is 4. The Hall–Kier alpha value is -0.160. The molecule has 2 heterocycles. The molecule has 2 saturated heterocycles. The molecule has 20 heavy (non-hydrogen) atoms. The van der Waals surface area contributed by atoms with Crippen molar-refractivity contribution >= 4 is 0 Å². The molecule has 0 aromatic rings. The topological polar surface area (TPSA) is 41.7 Å². The van der Waals surface area contributed by atoms with Crippen molar-refractivity contribution in [2.24, 2.45) is 5.73 Å². The third-order valence-corrected chi connectivity index (χ3v) is 5.57. The van der Waals surface area contributed by atoms with Crippen LogP contribution in [0, 0.1) is 0 Å². The molecule has 4 heteroatoms. The van der Waals surface area contributed by atoms with E-state index in [1.54, 1.807) is 0 Å². The van der Waals surface area contributed by atoms with Crippen molar-refractivity contribution in [3.8, 4) is 0 Å². The smallest absolute Gasteiger partial charge is 0.0593 e. The third-order valence-electron chi connectivity index (χ3n) is 5.57. The molecule has 0 aromatic heterocycles. The van der Waals surface area contributed by atoms with Crippen molar-refractivity contribution < 1.29 is 4.74 Å². The fourth-order valence-corrected chi connectivity index (χ4v) is 4.11. The highest BCUT2D eigenvalue weighted by Gasteiger charge is 2.42. The van der Waals surface area contributed by atoms with Crippen molar-refractivity contribution in [1.82, 2.24) is 9.80 Å². The van der Waals surface area contributed by atoms with Crippen LogP contribution in [0.4, 0.5) is 0 Å². The monoisotopic (exact) mass is 281 g/mol. The van der Waals surface area contributed by atoms with Gasteiger partial charge in [0.15, 0.2) is 0 Å². The lowest BCUT2D eigenvalue weighted by molar-refractivity contribution is -0.0845. The van der Waals surface area contributed by atoms with Gasteiger partial charge >= 0.3 is 0 Å². The minimum absolute atomic E-state index is 0.216. The highest BCUT2D eigenvalue weighted by molar-refractivity contribution is 4.99. The van der Waals surface area contributed by atoms with E-state index >= 15 is 0 Å². The molecule has 116 valence electrons. The normalized spacial score (nSPS) is 37.2. The lowest BCUT2D eigenvalue weighted by Crippen LogP contribution is -2.63. The summed E-state index contributed by atoms with van der Waals surface area (Å²) in [5, 5.41) is 0. The van der Waals surface area contributed by atoms with Crippen LogP contribution in [0.1, 0.15) is 45.4 Å². The van der Waals surface area contributed by atoms with Crippen LogP contribution >= 0.6 is 0 Å². The van der Waals surface area contributed by atoms with Crippen molar-refractivity contribution in [1.29, 1.82) is 0 Å². The second-order valence-corrected chi connectivity index (χ2v) is 6.92. The molecule has 2 N–H and O–H groups in total. The van der Waals surface area contributed by atoms with Crippen LogP contribution in [0.2, 0.25) is 0 Å². The van der Waals surface area contributed by atoms with Gasteiger partial charge in [0.2, 0.25) is 0 Å². The largest absolute Gasteiger partial charge is 0.378 e. The van der Waals surface area contributed by atoms with E-state index in [2.05, 4.69) is 16.7 Å². The Kier molecular flexibility index (Phi) is 4.65. The zero-order chi connectivity index (χ0) is 14.0. The number of nitrogens with two attached hydrogens (primary N) is 1. The highest BCUT2D eigenvalue weighted by Crippen LogP contribution is 2.34. The average Bonchev–Trinajstić information content (AvgIpc) is 3.33. The quantitative estimate of drug-likeness (QED) is 0.828. The van der Waals surface area contributed by atoms with Crippen LogP contribution in [0.5, 0.6) is 0 Å². The molecule has 2 unspecified atom stereocenters. The average molecular weight is 281 g/mol. The molecule has 4 nitrogen and oxygen atoms in total. The van der Waals surface area contributed by atoms with Crippen molar-refractivity contribution in [3.05, 3.63) is 0 Å². The molecular formula is C16H31N3O. The first-order valence-corrected chi connectivity index (χ1v) is 8.58. The first-order chi connectivity index (χ1) is 9.77. The van der Waals surface area contributed by atoms with Crippen LogP contribution in [0.3, 0.4) is 0 Å². The van der Waals surface area contributed by atoms with Crippen LogP contribution in [0.15, 0.2) is 0 Å². The predicted molar refractivity (Wildman–Crippen MR) is 81.8 cm³/mol. The SMILES string of the molecule is CCCC1CC(CN)(N2CCN(C3CC3)CC2)CCO1. The summed E-state index contributed by atoms with van der Waals surface area (Å²) in [5.41, 5.74) is 6.44. The maximum absolute atomic E-state index is 6.22. The van der Waals surface area contributed by atoms with Crippen LogP contribution in [-0.2, 0) is 4.74 Å². The van der Waals surface area contributed by atoms with E-state index in [9.17, 15) is 0 Å². The van der Waals surface area contributed by atoms with Gasteiger partial charge < -0.3 is 10.5 Å². The highest BCUT2D eigenvalue weighted by atomic mass is 16.5. The van der Waals surface area contributed by atoms with E-state index in [1.165, 1.54) is 51.9 Å². The molecule has 3 fully saturated rings. The van der Waals surface area contributed by atoms with E-state index < -0.39 is 0 Å². The summed E-state index contributed by atoms with van der Waals surface area (Å²) >= 11 is 0. The summed E-state index contributed by atoms with van der Waals surface area (Å²) in [5.74, 6) is 0. The molecule has 0 amide bonds. The van der Waals surface area contributed by atoms with E-state index in [0.29, 0.717) is 6.10 Å². The van der Waals surface area contributed by atoms with Crippen LogP contribution < -0.4 is 5.73 Å². The summed E-state index contributed by atoms with van der Waals surface area (Å²) in [7, 11) is 0. The fourth-order valence-electron chi connectivity index (χ4n) is 4.11. The van der Waals surface area contributed by atoms with Gasteiger partial charge in [0, 0.05) is 50.9 Å². The molecule has 3 rings (SSSR count). The minimum Gasteiger partial charge on any atom is -0.378 e. The van der Waals surface area contributed by atoms with E-state index in [4.69, 9.17) is 10.5 Å². The molecule has 1 saturated carbocycles. The van der Waals surface area contributed by atoms with Gasteiger partial charge in [-0.15, -0.1) is 0 Å². The molecule has 0 bridgehead atoms. The van der Waals surface area contributed by atoms with Crippen molar-refractivity contribution in [2.75, 3.05) is 39.3 Å². The summed E-state index contributed by atoms with van der Waals surface area (Å²) in [6.07, 6.45) is 7.93. The van der Waals surface area contributed by atoms with E-state index in [1.807, 2.05) is 0 Å².